The molecule has 5 heteroatoms. The molecule has 1 aromatic carbocycles. The number of ether oxygens (including phenoxy) is 2. The number of hydrogen-bond acceptors (Lipinski definition) is 5. The summed E-state index contributed by atoms with van der Waals surface area (Å²) in [6.45, 7) is 4.45. The highest BCUT2D eigenvalue weighted by Gasteiger charge is 2.09. The smallest absolute Gasteiger partial charge is 0.118 e. The molecule has 0 amide bonds. The maximum Gasteiger partial charge on any atom is 0.118 e. The van der Waals surface area contributed by atoms with Gasteiger partial charge in [0.2, 0.25) is 0 Å². The molecule has 0 aliphatic rings. The van der Waals surface area contributed by atoms with Gasteiger partial charge < -0.3 is 14.8 Å². The minimum absolute atomic E-state index is 0.718. The third-order valence-electron chi connectivity index (χ3n) is 2.96. The molecule has 0 radical (unpaired) electrons. The topological polar surface area (TPSA) is 43.4 Å². The predicted molar refractivity (Wildman–Crippen MR) is 82.4 cm³/mol. The van der Waals surface area contributed by atoms with Gasteiger partial charge in [-0.25, -0.2) is 4.98 Å². The van der Waals surface area contributed by atoms with Crippen LogP contribution in [-0.4, -0.2) is 32.4 Å². The van der Waals surface area contributed by atoms with Gasteiger partial charge >= 0.3 is 0 Å². The zero-order chi connectivity index (χ0) is 14.4. The van der Waals surface area contributed by atoms with Gasteiger partial charge in [-0.2, -0.15) is 0 Å². The van der Waals surface area contributed by atoms with Crippen molar-refractivity contribution in [3.8, 4) is 17.0 Å². The second-order valence-corrected chi connectivity index (χ2v) is 5.70. The quantitative estimate of drug-likeness (QED) is 0.797. The molecule has 0 spiro atoms. The van der Waals surface area contributed by atoms with Crippen LogP contribution in [0.3, 0.4) is 0 Å². The van der Waals surface area contributed by atoms with Crippen molar-refractivity contribution in [2.75, 3.05) is 27.4 Å². The third-order valence-corrected chi connectivity index (χ3v) is 3.93. The molecule has 2 rings (SSSR count). The molecular formula is C15H20N2O2S. The van der Waals surface area contributed by atoms with Gasteiger partial charge in [-0.3, -0.25) is 0 Å². The van der Waals surface area contributed by atoms with Gasteiger partial charge in [0.05, 0.1) is 19.4 Å². The SMILES string of the molecule is COCCNCc1nc(-c2ccc(OC)cc2)c(C)s1. The van der Waals surface area contributed by atoms with Crippen molar-refractivity contribution in [1.82, 2.24) is 10.3 Å². The van der Waals surface area contributed by atoms with Gasteiger partial charge in [0.15, 0.2) is 0 Å². The zero-order valence-corrected chi connectivity index (χ0v) is 12.9. The number of methoxy groups -OCH3 is 2. The molecule has 1 aromatic heterocycles. The second kappa shape index (κ2) is 7.38. The van der Waals surface area contributed by atoms with Gasteiger partial charge in [0.1, 0.15) is 10.8 Å². The predicted octanol–water partition coefficient (Wildman–Crippen LogP) is 2.86. The first-order valence-corrected chi connectivity index (χ1v) is 7.36. The van der Waals surface area contributed by atoms with Crippen LogP contribution < -0.4 is 10.1 Å². The average Bonchev–Trinajstić information content (AvgIpc) is 2.85. The fourth-order valence-electron chi connectivity index (χ4n) is 1.91. The number of hydrogen-bond donors (Lipinski definition) is 1. The number of nitrogens with one attached hydrogen (secondary N) is 1. The van der Waals surface area contributed by atoms with E-state index in [2.05, 4.69) is 12.2 Å². The summed E-state index contributed by atoms with van der Waals surface area (Å²) in [4.78, 5) is 5.94. The summed E-state index contributed by atoms with van der Waals surface area (Å²) in [5.41, 5.74) is 2.18. The lowest BCUT2D eigenvalue weighted by atomic mass is 10.1. The summed E-state index contributed by atoms with van der Waals surface area (Å²) in [6.07, 6.45) is 0. The van der Waals surface area contributed by atoms with Gasteiger partial charge in [-0.15, -0.1) is 11.3 Å². The van der Waals surface area contributed by atoms with E-state index in [0.717, 1.165) is 41.7 Å². The number of benzene rings is 1. The minimum Gasteiger partial charge on any atom is -0.497 e. The summed E-state index contributed by atoms with van der Waals surface area (Å²) >= 11 is 1.73. The molecule has 0 atom stereocenters. The van der Waals surface area contributed by atoms with Crippen LogP contribution in [0.25, 0.3) is 11.3 Å². The van der Waals surface area contributed by atoms with Crippen molar-refractivity contribution in [3.05, 3.63) is 34.2 Å². The summed E-state index contributed by atoms with van der Waals surface area (Å²) < 4.78 is 10.2. The molecule has 2 aromatic rings. The van der Waals surface area contributed by atoms with Crippen LogP contribution in [0.1, 0.15) is 9.88 Å². The van der Waals surface area contributed by atoms with Crippen molar-refractivity contribution in [1.29, 1.82) is 0 Å². The first-order chi connectivity index (χ1) is 9.74. The number of nitrogens with zero attached hydrogens (tertiary/aromatic N) is 1. The van der Waals surface area contributed by atoms with E-state index in [1.807, 2.05) is 24.3 Å². The van der Waals surface area contributed by atoms with Crippen molar-refractivity contribution < 1.29 is 9.47 Å². The highest BCUT2D eigenvalue weighted by molar-refractivity contribution is 7.12. The van der Waals surface area contributed by atoms with Crippen LogP contribution in [0, 0.1) is 6.92 Å². The average molecular weight is 292 g/mol. The molecule has 0 fully saturated rings. The molecule has 0 aliphatic carbocycles. The van der Waals surface area contributed by atoms with Gasteiger partial charge in [-0.1, -0.05) is 0 Å². The maximum atomic E-state index is 5.18. The Balaban J connectivity index is 2.06. The molecule has 0 unspecified atom stereocenters. The standard InChI is InChI=1S/C15H20N2O2S/c1-11-15(12-4-6-13(19-3)7-5-12)17-14(20-11)10-16-8-9-18-2/h4-7,16H,8-10H2,1-3H3. The Morgan fingerprint density at radius 2 is 1.95 bits per heavy atom. The number of aryl methyl sites for hydroxylation is 1. The number of thiazole rings is 1. The van der Waals surface area contributed by atoms with Crippen LogP contribution in [0.4, 0.5) is 0 Å². The maximum absolute atomic E-state index is 5.18. The molecule has 0 saturated heterocycles. The highest BCUT2D eigenvalue weighted by Crippen LogP contribution is 2.28. The van der Waals surface area contributed by atoms with Crippen LogP contribution in [0.2, 0.25) is 0 Å². The summed E-state index contributed by atoms with van der Waals surface area (Å²) in [5.74, 6) is 0.864. The summed E-state index contributed by atoms with van der Waals surface area (Å²) in [7, 11) is 3.38. The Kier molecular flexibility index (Phi) is 5.52. The Morgan fingerprint density at radius 1 is 1.20 bits per heavy atom. The molecule has 0 aliphatic heterocycles. The summed E-state index contributed by atoms with van der Waals surface area (Å²) in [6, 6.07) is 8.02. The first-order valence-electron chi connectivity index (χ1n) is 6.55. The Labute approximate surface area is 123 Å². The van der Waals surface area contributed by atoms with Gasteiger partial charge in [-0.05, 0) is 31.2 Å². The van der Waals surface area contributed by atoms with Crippen LogP contribution >= 0.6 is 11.3 Å². The van der Waals surface area contributed by atoms with Crippen molar-refractivity contribution in [2.24, 2.45) is 0 Å². The van der Waals surface area contributed by atoms with E-state index in [9.17, 15) is 0 Å². The van der Waals surface area contributed by atoms with E-state index in [1.54, 1.807) is 25.6 Å². The molecule has 20 heavy (non-hydrogen) atoms. The van der Waals surface area contributed by atoms with E-state index < -0.39 is 0 Å². The fraction of sp³-hybridized carbons (Fsp3) is 0.400. The highest BCUT2D eigenvalue weighted by atomic mass is 32.1. The van der Waals surface area contributed by atoms with Crippen LogP contribution in [-0.2, 0) is 11.3 Å². The summed E-state index contributed by atoms with van der Waals surface area (Å²) in [5, 5.41) is 4.42. The van der Waals surface area contributed by atoms with Crippen LogP contribution in [0.15, 0.2) is 24.3 Å². The molecule has 4 nitrogen and oxygen atoms in total. The molecular weight excluding hydrogens is 272 g/mol. The van der Waals surface area contributed by atoms with Crippen molar-refractivity contribution >= 4 is 11.3 Å². The van der Waals surface area contributed by atoms with Gasteiger partial charge in [0, 0.05) is 30.6 Å². The molecule has 108 valence electrons. The Hall–Kier alpha value is -1.43. The zero-order valence-electron chi connectivity index (χ0n) is 12.1. The van der Waals surface area contributed by atoms with Gasteiger partial charge in [0.25, 0.3) is 0 Å². The Morgan fingerprint density at radius 3 is 2.60 bits per heavy atom. The van der Waals surface area contributed by atoms with E-state index >= 15 is 0 Å². The van der Waals surface area contributed by atoms with Crippen LogP contribution in [0.5, 0.6) is 5.75 Å². The number of rotatable bonds is 7. The largest absolute Gasteiger partial charge is 0.497 e. The molecule has 0 bridgehead atoms. The Bertz CT molecular complexity index is 537. The fourth-order valence-corrected chi connectivity index (χ4v) is 2.84. The normalized spacial score (nSPS) is 10.8. The monoisotopic (exact) mass is 292 g/mol. The molecule has 1 N–H and O–H groups in total. The lowest BCUT2D eigenvalue weighted by Gasteiger charge is -2.02. The van der Waals surface area contributed by atoms with E-state index in [-0.39, 0.29) is 0 Å². The molecule has 0 saturated carbocycles. The van der Waals surface area contributed by atoms with Crippen molar-refractivity contribution in [2.45, 2.75) is 13.5 Å². The molecule has 1 heterocycles. The second-order valence-electron chi connectivity index (χ2n) is 4.41. The lowest BCUT2D eigenvalue weighted by molar-refractivity contribution is 0.199. The third kappa shape index (κ3) is 3.79. The number of aromatic nitrogens is 1. The van der Waals surface area contributed by atoms with E-state index in [1.165, 1.54) is 4.88 Å². The van der Waals surface area contributed by atoms with E-state index in [0.29, 0.717) is 0 Å². The van der Waals surface area contributed by atoms with E-state index in [4.69, 9.17) is 14.5 Å². The lowest BCUT2D eigenvalue weighted by Crippen LogP contribution is -2.18. The van der Waals surface area contributed by atoms with Crippen molar-refractivity contribution in [3.63, 3.8) is 0 Å². The first kappa shape index (κ1) is 15.0. The minimum atomic E-state index is 0.718.